The summed E-state index contributed by atoms with van der Waals surface area (Å²) in [5.74, 6) is 1.37. The van der Waals surface area contributed by atoms with Crippen LogP contribution < -0.4 is 26.2 Å². The predicted octanol–water partition coefficient (Wildman–Crippen LogP) is 4.57. The number of carbonyl (C=O) groups excluding carboxylic acids is 1. The molecule has 0 aliphatic rings. The summed E-state index contributed by atoms with van der Waals surface area (Å²) in [6.07, 6.45) is 1.79. The van der Waals surface area contributed by atoms with E-state index in [9.17, 15) is 4.79 Å². The smallest absolute Gasteiger partial charge is 0.323 e. The first-order valence-electron chi connectivity index (χ1n) is 11.7. The lowest BCUT2D eigenvalue weighted by atomic mass is 10.0. The molecule has 0 radical (unpaired) electrons. The number of hydrogen-bond donors (Lipinski definition) is 3. The molecule has 2 aromatic heterocycles. The van der Waals surface area contributed by atoms with E-state index in [0.29, 0.717) is 28.7 Å². The number of methoxy groups -OCH3 is 1. The maximum atomic E-state index is 12.6. The van der Waals surface area contributed by atoms with Gasteiger partial charge in [-0.05, 0) is 41.4 Å². The Kier molecular flexibility index (Phi) is 6.96. The Hall–Kier alpha value is -4.50. The number of urea groups is 1. The van der Waals surface area contributed by atoms with Gasteiger partial charge in [-0.25, -0.2) is 9.78 Å². The highest BCUT2D eigenvalue weighted by Crippen LogP contribution is 2.28. The van der Waals surface area contributed by atoms with Gasteiger partial charge in [0.05, 0.1) is 18.5 Å². The number of nitrogens with one attached hydrogen (secondary N) is 3. The Morgan fingerprint density at radius 2 is 1.84 bits per heavy atom. The predicted molar refractivity (Wildman–Crippen MR) is 151 cm³/mol. The molecule has 184 valence electrons. The number of ether oxygens (including phenoxy) is 1. The monoisotopic (exact) mass is 510 g/mol. The van der Waals surface area contributed by atoms with Gasteiger partial charge in [0.2, 0.25) is 0 Å². The molecular formula is C27H24BClN6O2. The van der Waals surface area contributed by atoms with E-state index in [1.165, 1.54) is 0 Å². The Balaban J connectivity index is 1.34. The quantitative estimate of drug-likeness (QED) is 0.279. The van der Waals surface area contributed by atoms with E-state index in [0.717, 1.165) is 33.7 Å². The first kappa shape index (κ1) is 24.2. The van der Waals surface area contributed by atoms with Crippen molar-refractivity contribution >= 4 is 53.8 Å². The van der Waals surface area contributed by atoms with E-state index in [1.54, 1.807) is 30.0 Å². The van der Waals surface area contributed by atoms with E-state index < -0.39 is 0 Å². The van der Waals surface area contributed by atoms with E-state index in [1.807, 2.05) is 74.6 Å². The first-order valence-corrected chi connectivity index (χ1v) is 12.0. The molecule has 0 saturated heterocycles. The lowest BCUT2D eigenvalue weighted by Gasteiger charge is -2.13. The first-order chi connectivity index (χ1) is 18.0. The Bertz CT molecular complexity index is 1590. The minimum atomic E-state index is -0.359. The lowest BCUT2D eigenvalue weighted by molar-refractivity contribution is 0.262. The van der Waals surface area contributed by atoms with Crippen LogP contribution in [0, 0.1) is 0 Å². The zero-order valence-electron chi connectivity index (χ0n) is 20.3. The van der Waals surface area contributed by atoms with Gasteiger partial charge in [-0.2, -0.15) is 9.61 Å². The second-order valence-corrected chi connectivity index (χ2v) is 8.81. The molecule has 0 unspecified atom stereocenters. The number of halogens is 1. The molecule has 5 rings (SSSR count). The van der Waals surface area contributed by atoms with Gasteiger partial charge in [0.25, 0.3) is 0 Å². The van der Waals surface area contributed by atoms with Crippen molar-refractivity contribution in [1.29, 1.82) is 0 Å². The molecule has 2 amide bonds. The van der Waals surface area contributed by atoms with Crippen molar-refractivity contribution < 1.29 is 9.53 Å². The average Bonchev–Trinajstić information content (AvgIpc) is 3.28. The van der Waals surface area contributed by atoms with Gasteiger partial charge in [0, 0.05) is 35.1 Å². The number of aromatic nitrogens is 3. The molecule has 0 atom stereocenters. The summed E-state index contributed by atoms with van der Waals surface area (Å²) >= 11 is 6.45. The SMILES string of the molecule is Bc1cnn2c(NCc3cccc(NC(=O)Nc4ccccc4OC)c3)cc(-c3ccccc3Cl)nc12. The highest BCUT2D eigenvalue weighted by Gasteiger charge is 2.13. The number of rotatable bonds is 7. The third-order valence-corrected chi connectivity index (χ3v) is 6.14. The van der Waals surface area contributed by atoms with Crippen molar-refractivity contribution in [1.82, 2.24) is 14.6 Å². The zero-order valence-corrected chi connectivity index (χ0v) is 21.1. The fourth-order valence-electron chi connectivity index (χ4n) is 3.99. The minimum absolute atomic E-state index is 0.359. The second-order valence-electron chi connectivity index (χ2n) is 8.40. The molecule has 5 aromatic rings. The number of benzene rings is 3. The summed E-state index contributed by atoms with van der Waals surface area (Å²) in [7, 11) is 3.54. The standard InChI is InChI=1S/C27H24BClN6O2/c1-37-24-12-5-4-11-22(24)34-27(36)32-18-8-6-7-17(13-18)15-30-25-14-23(19-9-2-3-10-21(19)29)33-26-20(28)16-31-35(25)26/h2-14,16,30H,15,28H2,1H3,(H2,32,34,36). The minimum Gasteiger partial charge on any atom is -0.495 e. The maximum absolute atomic E-state index is 12.6. The van der Waals surface area contributed by atoms with Crippen LogP contribution in [-0.2, 0) is 6.54 Å². The summed E-state index contributed by atoms with van der Waals surface area (Å²) in [4.78, 5) is 17.4. The number of hydrogen-bond acceptors (Lipinski definition) is 5. The van der Waals surface area contributed by atoms with E-state index >= 15 is 0 Å². The summed E-state index contributed by atoms with van der Waals surface area (Å²) < 4.78 is 7.07. The van der Waals surface area contributed by atoms with Crippen LogP contribution in [0.1, 0.15) is 5.56 Å². The summed E-state index contributed by atoms with van der Waals surface area (Å²) in [5.41, 5.74) is 5.55. The Morgan fingerprint density at radius 3 is 2.68 bits per heavy atom. The van der Waals surface area contributed by atoms with E-state index in [-0.39, 0.29) is 6.03 Å². The fourth-order valence-corrected chi connectivity index (χ4v) is 4.22. The van der Waals surface area contributed by atoms with Gasteiger partial charge >= 0.3 is 6.03 Å². The van der Waals surface area contributed by atoms with Gasteiger partial charge in [0.15, 0.2) is 5.65 Å². The van der Waals surface area contributed by atoms with E-state index in [2.05, 4.69) is 21.0 Å². The van der Waals surface area contributed by atoms with Crippen LogP contribution in [0.4, 0.5) is 22.0 Å². The molecule has 0 fully saturated rings. The highest BCUT2D eigenvalue weighted by molar-refractivity contribution is 6.36. The summed E-state index contributed by atoms with van der Waals surface area (Å²) in [5, 5.41) is 14.3. The number of fused-ring (bicyclic) bond motifs is 1. The molecule has 0 spiro atoms. The van der Waals surface area contributed by atoms with E-state index in [4.69, 9.17) is 21.3 Å². The number of anilines is 3. The van der Waals surface area contributed by atoms with Crippen molar-refractivity contribution in [2.24, 2.45) is 0 Å². The molecule has 8 nitrogen and oxygen atoms in total. The van der Waals surface area contributed by atoms with Crippen LogP contribution in [0.25, 0.3) is 16.9 Å². The number of nitrogens with zero attached hydrogens (tertiary/aromatic N) is 3. The zero-order chi connectivity index (χ0) is 25.8. The molecule has 0 aliphatic carbocycles. The Morgan fingerprint density at radius 1 is 1.03 bits per heavy atom. The topological polar surface area (TPSA) is 92.6 Å². The molecule has 2 heterocycles. The number of amides is 2. The molecule has 10 heteroatoms. The van der Waals surface area contributed by atoms with Crippen LogP contribution in [0.15, 0.2) is 85.1 Å². The van der Waals surface area contributed by atoms with Gasteiger partial charge in [-0.3, -0.25) is 0 Å². The number of para-hydroxylation sites is 2. The maximum Gasteiger partial charge on any atom is 0.323 e. The lowest BCUT2D eigenvalue weighted by Crippen LogP contribution is -2.20. The third-order valence-electron chi connectivity index (χ3n) is 5.81. The molecule has 0 bridgehead atoms. The van der Waals surface area contributed by atoms with Gasteiger partial charge in [0.1, 0.15) is 19.4 Å². The van der Waals surface area contributed by atoms with Crippen molar-refractivity contribution in [3.8, 4) is 17.0 Å². The van der Waals surface area contributed by atoms with Gasteiger partial charge < -0.3 is 20.7 Å². The molecule has 0 aliphatic heterocycles. The summed E-state index contributed by atoms with van der Waals surface area (Å²) in [6.45, 7) is 0.504. The number of carbonyl (C=O) groups is 1. The van der Waals surface area contributed by atoms with Gasteiger partial charge in [-0.15, -0.1) is 0 Å². The van der Waals surface area contributed by atoms with Crippen molar-refractivity contribution in [3.63, 3.8) is 0 Å². The Labute approximate surface area is 220 Å². The van der Waals surface area contributed by atoms with Crippen molar-refractivity contribution in [3.05, 3.63) is 95.6 Å². The molecule has 3 N–H and O–H groups in total. The molecular weight excluding hydrogens is 487 g/mol. The normalized spacial score (nSPS) is 10.8. The average molecular weight is 511 g/mol. The van der Waals surface area contributed by atoms with Crippen molar-refractivity contribution in [2.75, 3.05) is 23.1 Å². The second kappa shape index (κ2) is 10.6. The van der Waals surface area contributed by atoms with Crippen LogP contribution in [0.2, 0.25) is 5.02 Å². The fraction of sp³-hybridized carbons (Fsp3) is 0.0741. The summed E-state index contributed by atoms with van der Waals surface area (Å²) in [6, 6.07) is 24.1. The highest BCUT2D eigenvalue weighted by atomic mass is 35.5. The molecule has 37 heavy (non-hydrogen) atoms. The van der Waals surface area contributed by atoms with Gasteiger partial charge in [-0.1, -0.05) is 54.1 Å². The van der Waals surface area contributed by atoms with Crippen LogP contribution in [-0.4, -0.2) is 35.6 Å². The van der Waals surface area contributed by atoms with Crippen LogP contribution in [0.5, 0.6) is 5.75 Å². The van der Waals surface area contributed by atoms with Crippen LogP contribution >= 0.6 is 11.6 Å². The molecule has 3 aromatic carbocycles. The largest absolute Gasteiger partial charge is 0.495 e. The third kappa shape index (κ3) is 5.36. The van der Waals surface area contributed by atoms with Crippen LogP contribution in [0.3, 0.4) is 0 Å². The van der Waals surface area contributed by atoms with Crippen molar-refractivity contribution in [2.45, 2.75) is 6.54 Å². The molecule has 0 saturated carbocycles.